The Labute approximate surface area is 292 Å². The van der Waals surface area contributed by atoms with Crippen molar-refractivity contribution in [3.05, 3.63) is 60.5 Å². The van der Waals surface area contributed by atoms with E-state index in [2.05, 4.69) is 23.7 Å². The van der Waals surface area contributed by atoms with Gasteiger partial charge in [-0.05, 0) is 0 Å². The summed E-state index contributed by atoms with van der Waals surface area (Å²) in [5, 5.41) is 0. The van der Waals surface area contributed by atoms with E-state index in [0.29, 0.717) is 0 Å². The lowest BCUT2D eigenvalue weighted by atomic mass is 11.0. The molecule has 0 fully saturated rings. The average molecular weight is 791 g/mol. The zero-order valence-corrected chi connectivity index (χ0v) is 27.7. The highest BCUT2D eigenvalue weighted by atomic mass is 19.3. The van der Waals surface area contributed by atoms with Gasteiger partial charge in [0.2, 0.25) is 0 Å². The van der Waals surface area contributed by atoms with Crippen molar-refractivity contribution in [2.24, 2.45) is 0 Å². The maximum Gasteiger partial charge on any atom is 0.342 e. The van der Waals surface area contributed by atoms with E-state index in [-0.39, 0.29) is 37.1 Å². The van der Waals surface area contributed by atoms with E-state index >= 15 is 0 Å². The standard InChI is InChI=1S/5C3H3F3O.5C2H6.5CH4/c5*1-7-3(6)2(4)5;5*1-2;;;;;/h5*1H3;5*1-2H3;5*1H4. The molecule has 0 atom stereocenters. The first kappa shape index (κ1) is 97.0. The summed E-state index contributed by atoms with van der Waals surface area (Å²) in [5.74, 6) is 0. The molecule has 0 saturated carbocycles. The number of ether oxygens (including phenoxy) is 5. The van der Waals surface area contributed by atoms with Crippen molar-refractivity contribution in [3.8, 4) is 0 Å². The molecule has 50 heavy (non-hydrogen) atoms. The molecule has 20 heteroatoms. The molecule has 0 radical (unpaired) electrons. The molecule has 0 rings (SSSR count). The highest BCUT2D eigenvalue weighted by Gasteiger charge is 2.02. The van der Waals surface area contributed by atoms with Crippen LogP contribution in [0.1, 0.15) is 106 Å². The fourth-order valence-electron chi connectivity index (χ4n) is 0.386. The Bertz CT molecular complexity index is 574. The van der Waals surface area contributed by atoms with E-state index in [1.807, 2.05) is 69.2 Å². The van der Waals surface area contributed by atoms with Crippen LogP contribution in [0.3, 0.4) is 0 Å². The molecule has 0 spiro atoms. The molecule has 0 bridgehead atoms. The summed E-state index contributed by atoms with van der Waals surface area (Å²) in [4.78, 5) is 0. The zero-order chi connectivity index (χ0) is 39.3. The highest BCUT2D eigenvalue weighted by Crippen LogP contribution is 2.10. The number of halogens is 15. The van der Waals surface area contributed by atoms with Gasteiger partial charge in [-0.2, -0.15) is 65.9 Å². The Hall–Kier alpha value is -3.35. The van der Waals surface area contributed by atoms with Gasteiger partial charge in [0.15, 0.2) is 0 Å². The molecule has 0 aliphatic rings. The summed E-state index contributed by atoms with van der Waals surface area (Å²) in [5.41, 5.74) is 0. The Morgan fingerprint density at radius 2 is 0.280 bits per heavy atom. The van der Waals surface area contributed by atoms with Crippen molar-refractivity contribution in [2.75, 3.05) is 35.5 Å². The first-order valence-corrected chi connectivity index (χ1v) is 12.1. The van der Waals surface area contributed by atoms with E-state index in [0.717, 1.165) is 35.5 Å². The minimum Gasteiger partial charge on any atom is -0.470 e. The third-order valence-corrected chi connectivity index (χ3v) is 1.64. The predicted molar refractivity (Wildman–Crippen MR) is 177 cm³/mol. The lowest BCUT2D eigenvalue weighted by Crippen LogP contribution is -1.76. The number of hydrogen-bond acceptors (Lipinski definition) is 5. The largest absolute Gasteiger partial charge is 0.470 e. The predicted octanol–water partition coefficient (Wildman–Crippen LogP) is 16.7. The first-order chi connectivity index (χ1) is 20.9. The third-order valence-electron chi connectivity index (χ3n) is 1.64. The smallest absolute Gasteiger partial charge is 0.342 e. The minimum atomic E-state index is -2.43. The van der Waals surface area contributed by atoms with Gasteiger partial charge in [0, 0.05) is 0 Å². The van der Waals surface area contributed by atoms with E-state index in [9.17, 15) is 65.9 Å². The molecular weight excluding hydrogens is 725 g/mol. The van der Waals surface area contributed by atoms with E-state index in [1.165, 1.54) is 0 Å². The number of hydrogen-bond donors (Lipinski definition) is 0. The number of methoxy groups -OCH3 is 5. The summed E-state index contributed by atoms with van der Waals surface area (Å²) < 4.78 is 181. The lowest BCUT2D eigenvalue weighted by Gasteiger charge is -1.87. The quantitative estimate of drug-likeness (QED) is 0.205. The van der Waals surface area contributed by atoms with Crippen LogP contribution in [-0.2, 0) is 23.7 Å². The van der Waals surface area contributed by atoms with Gasteiger partial charge in [-0.3, -0.25) is 0 Å². The second-order valence-electron chi connectivity index (χ2n) is 3.69. The molecule has 5 nitrogen and oxygen atoms in total. The Morgan fingerprint density at radius 3 is 0.280 bits per heavy atom. The Kier molecular flexibility index (Phi) is 176. The molecule has 0 amide bonds. The van der Waals surface area contributed by atoms with Gasteiger partial charge >= 0.3 is 60.5 Å². The molecule has 0 aromatic rings. The first-order valence-electron chi connectivity index (χ1n) is 12.1. The van der Waals surface area contributed by atoms with Gasteiger partial charge in [-0.15, -0.1) is 0 Å². The topological polar surface area (TPSA) is 46.2 Å². The molecule has 0 heterocycles. The fourth-order valence-corrected chi connectivity index (χ4v) is 0.386. The molecule has 320 valence electrons. The summed E-state index contributed by atoms with van der Waals surface area (Å²) in [6.45, 7) is 20.0. The summed E-state index contributed by atoms with van der Waals surface area (Å²) in [7, 11) is 4.14. The van der Waals surface area contributed by atoms with Crippen LogP contribution in [0.4, 0.5) is 65.9 Å². The van der Waals surface area contributed by atoms with E-state index in [4.69, 9.17) is 0 Å². The van der Waals surface area contributed by atoms with Gasteiger partial charge in [-0.25, -0.2) is 0 Å². The van der Waals surface area contributed by atoms with Crippen molar-refractivity contribution in [2.45, 2.75) is 106 Å². The average Bonchev–Trinajstić information content (AvgIpc) is 3.07. The van der Waals surface area contributed by atoms with Gasteiger partial charge in [0.05, 0.1) is 35.5 Å². The van der Waals surface area contributed by atoms with Crippen LogP contribution in [0, 0.1) is 0 Å². The van der Waals surface area contributed by atoms with Crippen LogP contribution in [-0.4, -0.2) is 35.5 Å². The maximum absolute atomic E-state index is 11.2. The summed E-state index contributed by atoms with van der Waals surface area (Å²) in [6, 6.07) is -9.10. The minimum absolute atomic E-state index is 0. The molecule has 0 saturated heterocycles. The fraction of sp³-hybridized carbons (Fsp3) is 0.667. The van der Waals surface area contributed by atoms with Crippen molar-refractivity contribution < 1.29 is 89.5 Å². The molecule has 0 aromatic heterocycles. The normalized spacial score (nSPS) is 6.20. The van der Waals surface area contributed by atoms with Crippen LogP contribution in [0.25, 0.3) is 0 Å². The van der Waals surface area contributed by atoms with Gasteiger partial charge < -0.3 is 23.7 Å². The van der Waals surface area contributed by atoms with Crippen LogP contribution in [0.2, 0.25) is 0 Å². The molecular formula is C30H65F15O5. The van der Waals surface area contributed by atoms with Gasteiger partial charge in [-0.1, -0.05) is 106 Å². The SMILES string of the molecule is C.C.C.C.C.CC.CC.CC.CC.CC.COC(F)=C(F)F.COC(F)=C(F)F.COC(F)=C(F)F.COC(F)=C(F)F.COC(F)=C(F)F. The van der Waals surface area contributed by atoms with Crippen LogP contribution < -0.4 is 0 Å². The Balaban J connectivity index is -0.0000000216. The maximum atomic E-state index is 11.2. The van der Waals surface area contributed by atoms with Crippen molar-refractivity contribution in [3.63, 3.8) is 0 Å². The van der Waals surface area contributed by atoms with Gasteiger partial charge in [0.1, 0.15) is 0 Å². The van der Waals surface area contributed by atoms with Crippen LogP contribution in [0.5, 0.6) is 0 Å². The van der Waals surface area contributed by atoms with E-state index in [1.54, 1.807) is 0 Å². The second kappa shape index (κ2) is 90.9. The highest BCUT2D eigenvalue weighted by molar-refractivity contribution is 4.80. The third kappa shape index (κ3) is 120. The molecule has 0 aliphatic carbocycles. The summed E-state index contributed by atoms with van der Waals surface area (Å²) in [6.07, 6.45) is -12.1. The van der Waals surface area contributed by atoms with Crippen LogP contribution >= 0.6 is 0 Å². The van der Waals surface area contributed by atoms with Crippen molar-refractivity contribution >= 4 is 0 Å². The molecule has 0 aromatic carbocycles. The van der Waals surface area contributed by atoms with Crippen molar-refractivity contribution in [1.29, 1.82) is 0 Å². The summed E-state index contributed by atoms with van der Waals surface area (Å²) >= 11 is 0. The molecule has 0 unspecified atom stereocenters. The van der Waals surface area contributed by atoms with Crippen molar-refractivity contribution in [1.82, 2.24) is 0 Å². The lowest BCUT2D eigenvalue weighted by molar-refractivity contribution is 0.166. The van der Waals surface area contributed by atoms with Crippen LogP contribution in [0.15, 0.2) is 60.5 Å². The second-order valence-corrected chi connectivity index (χ2v) is 3.69. The monoisotopic (exact) mass is 790 g/mol. The van der Waals surface area contributed by atoms with Gasteiger partial charge in [0.25, 0.3) is 0 Å². The molecule has 0 N–H and O–H groups in total. The zero-order valence-electron chi connectivity index (χ0n) is 27.7. The Morgan fingerprint density at radius 1 is 0.220 bits per heavy atom. The van der Waals surface area contributed by atoms with E-state index < -0.39 is 60.5 Å². The molecule has 0 aliphatic heterocycles. The number of rotatable bonds is 5.